The molecule has 0 saturated carbocycles. The highest BCUT2D eigenvalue weighted by atomic mass is 35.5. The van der Waals surface area contributed by atoms with Crippen LogP contribution < -0.4 is 5.32 Å². The summed E-state index contributed by atoms with van der Waals surface area (Å²) >= 11 is 12.5. The van der Waals surface area contributed by atoms with Crippen LogP contribution in [0.25, 0.3) is 0 Å². The van der Waals surface area contributed by atoms with Gasteiger partial charge in [0, 0.05) is 48.1 Å². The number of hydrogen-bond acceptors (Lipinski definition) is 5. The number of nitrogens with one attached hydrogen (secondary N) is 1. The van der Waals surface area contributed by atoms with Crippen LogP contribution in [0.5, 0.6) is 0 Å². The van der Waals surface area contributed by atoms with Crippen molar-refractivity contribution in [3.8, 4) is 0 Å². The first-order valence-corrected chi connectivity index (χ1v) is 9.83. The molecule has 146 valence electrons. The molecule has 0 atom stereocenters. The van der Waals surface area contributed by atoms with Crippen LogP contribution in [-0.2, 0) is 21.4 Å². The van der Waals surface area contributed by atoms with Gasteiger partial charge >= 0.3 is 0 Å². The first kappa shape index (κ1) is 20.1. The Labute approximate surface area is 168 Å². The number of benzene rings is 1. The summed E-state index contributed by atoms with van der Waals surface area (Å²) in [6.45, 7) is 3.59. The molecule has 0 spiro atoms. The Morgan fingerprint density at radius 3 is 2.74 bits per heavy atom. The summed E-state index contributed by atoms with van der Waals surface area (Å²) in [5.74, 6) is 1.17. The molecule has 3 rings (SSSR count). The predicted molar refractivity (Wildman–Crippen MR) is 103 cm³/mol. The van der Waals surface area contributed by atoms with E-state index in [1.807, 2.05) is 12.1 Å². The van der Waals surface area contributed by atoms with Crippen LogP contribution in [0.15, 0.2) is 22.7 Å². The Morgan fingerprint density at radius 1 is 1.30 bits per heavy atom. The van der Waals surface area contributed by atoms with Gasteiger partial charge in [-0.15, -0.1) is 0 Å². The van der Waals surface area contributed by atoms with Gasteiger partial charge in [-0.1, -0.05) is 34.4 Å². The van der Waals surface area contributed by atoms with Crippen molar-refractivity contribution in [1.29, 1.82) is 0 Å². The van der Waals surface area contributed by atoms with Crippen molar-refractivity contribution in [2.45, 2.75) is 44.4 Å². The second kappa shape index (κ2) is 9.04. The zero-order valence-corrected chi connectivity index (χ0v) is 16.8. The van der Waals surface area contributed by atoms with E-state index in [4.69, 9.17) is 32.5 Å². The van der Waals surface area contributed by atoms with E-state index in [0.29, 0.717) is 60.8 Å². The lowest BCUT2D eigenvalue weighted by Crippen LogP contribution is -2.44. The highest BCUT2D eigenvalue weighted by Crippen LogP contribution is 2.39. The van der Waals surface area contributed by atoms with E-state index >= 15 is 0 Å². The molecule has 6 nitrogen and oxygen atoms in total. The smallest absolute Gasteiger partial charge is 0.226 e. The lowest BCUT2D eigenvalue weighted by Gasteiger charge is -2.38. The first-order valence-electron chi connectivity index (χ1n) is 9.08. The van der Waals surface area contributed by atoms with Crippen LogP contribution >= 0.6 is 23.2 Å². The summed E-state index contributed by atoms with van der Waals surface area (Å²) in [5, 5.41) is 8.05. The van der Waals surface area contributed by atoms with E-state index in [2.05, 4.69) is 15.5 Å². The van der Waals surface area contributed by atoms with Crippen molar-refractivity contribution in [3.63, 3.8) is 0 Å². The third-order valence-electron chi connectivity index (χ3n) is 4.94. The molecule has 2 heterocycles. The normalized spacial score (nSPS) is 16.3. The molecule has 8 heteroatoms. The van der Waals surface area contributed by atoms with E-state index in [9.17, 15) is 4.79 Å². The molecular formula is C19H23Cl2N3O3. The minimum absolute atomic E-state index is 0.00203. The van der Waals surface area contributed by atoms with Crippen molar-refractivity contribution in [3.05, 3.63) is 45.5 Å². The number of hydrogen-bond donors (Lipinski definition) is 1. The lowest BCUT2D eigenvalue weighted by atomic mass is 9.74. The number of rotatable bonds is 7. The number of aromatic nitrogens is 2. The van der Waals surface area contributed by atoms with Gasteiger partial charge in [-0.3, -0.25) is 4.79 Å². The molecule has 1 amide bonds. The molecule has 1 aromatic heterocycles. The third kappa shape index (κ3) is 5.21. The van der Waals surface area contributed by atoms with Crippen molar-refractivity contribution in [2.24, 2.45) is 0 Å². The van der Waals surface area contributed by atoms with Crippen LogP contribution in [0.1, 0.15) is 43.0 Å². The molecule has 0 unspecified atom stereocenters. The van der Waals surface area contributed by atoms with E-state index in [1.54, 1.807) is 13.0 Å². The summed E-state index contributed by atoms with van der Waals surface area (Å²) in [6, 6.07) is 5.55. The maximum atomic E-state index is 12.3. The maximum absolute atomic E-state index is 12.3. The minimum atomic E-state index is -0.237. The Hall–Kier alpha value is -1.63. The van der Waals surface area contributed by atoms with Gasteiger partial charge in [0.25, 0.3) is 0 Å². The molecule has 0 bridgehead atoms. The van der Waals surface area contributed by atoms with Crippen molar-refractivity contribution < 1.29 is 14.1 Å². The Kier molecular flexibility index (Phi) is 6.73. The monoisotopic (exact) mass is 411 g/mol. The number of halogens is 2. The van der Waals surface area contributed by atoms with Crippen molar-refractivity contribution >= 4 is 29.1 Å². The fourth-order valence-corrected chi connectivity index (χ4v) is 4.03. The zero-order chi connectivity index (χ0) is 19.3. The number of amides is 1. The molecule has 1 N–H and O–H groups in total. The van der Waals surface area contributed by atoms with Gasteiger partial charge in [-0.25, -0.2) is 0 Å². The molecular weight excluding hydrogens is 389 g/mol. The maximum Gasteiger partial charge on any atom is 0.226 e. The predicted octanol–water partition coefficient (Wildman–Crippen LogP) is 3.87. The molecule has 1 aliphatic heterocycles. The van der Waals surface area contributed by atoms with Crippen LogP contribution in [0.3, 0.4) is 0 Å². The number of ether oxygens (including phenoxy) is 1. The second-order valence-electron chi connectivity index (χ2n) is 6.88. The Balaban J connectivity index is 1.58. The van der Waals surface area contributed by atoms with Crippen molar-refractivity contribution in [1.82, 2.24) is 15.5 Å². The fourth-order valence-electron chi connectivity index (χ4n) is 3.42. The minimum Gasteiger partial charge on any atom is -0.381 e. The topological polar surface area (TPSA) is 77.2 Å². The van der Waals surface area contributed by atoms with E-state index in [-0.39, 0.29) is 11.3 Å². The van der Waals surface area contributed by atoms with Gasteiger partial charge in [0.15, 0.2) is 5.82 Å². The molecule has 0 aliphatic carbocycles. The summed E-state index contributed by atoms with van der Waals surface area (Å²) in [5.41, 5.74) is 0.776. The number of carbonyl (C=O) groups excluding carboxylic acids is 1. The van der Waals surface area contributed by atoms with Gasteiger partial charge in [-0.05, 0) is 43.9 Å². The second-order valence-corrected chi connectivity index (χ2v) is 7.73. The van der Waals surface area contributed by atoms with E-state index in [0.717, 1.165) is 18.4 Å². The molecule has 27 heavy (non-hydrogen) atoms. The Bertz CT molecular complexity index is 788. The average Bonchev–Trinajstić information content (AvgIpc) is 3.06. The zero-order valence-electron chi connectivity index (χ0n) is 15.3. The highest BCUT2D eigenvalue weighted by Gasteiger charge is 2.36. The molecule has 0 radical (unpaired) electrons. The van der Waals surface area contributed by atoms with Crippen molar-refractivity contribution in [2.75, 3.05) is 19.8 Å². The number of carbonyl (C=O) groups is 1. The summed E-state index contributed by atoms with van der Waals surface area (Å²) in [7, 11) is 0. The summed E-state index contributed by atoms with van der Waals surface area (Å²) < 4.78 is 10.6. The largest absolute Gasteiger partial charge is 0.381 e. The number of nitrogens with zero attached hydrogens (tertiary/aromatic N) is 2. The van der Waals surface area contributed by atoms with Crippen LogP contribution in [0, 0.1) is 6.92 Å². The summed E-state index contributed by atoms with van der Waals surface area (Å²) in [4.78, 5) is 16.5. The van der Waals surface area contributed by atoms with Gasteiger partial charge in [0.1, 0.15) is 0 Å². The fraction of sp³-hybridized carbons (Fsp3) is 0.526. The third-order valence-corrected chi connectivity index (χ3v) is 5.49. The van der Waals surface area contributed by atoms with Crippen LogP contribution in [-0.4, -0.2) is 35.8 Å². The first-order chi connectivity index (χ1) is 13.0. The van der Waals surface area contributed by atoms with E-state index < -0.39 is 0 Å². The van der Waals surface area contributed by atoms with Gasteiger partial charge in [0.05, 0.1) is 0 Å². The van der Waals surface area contributed by atoms with Crippen LogP contribution in [0.2, 0.25) is 10.0 Å². The SMILES string of the molecule is Cc1noc(CCCC(=O)NCC2(c3ccc(Cl)cc3Cl)CCOCC2)n1. The molecule has 1 aromatic carbocycles. The Morgan fingerprint density at radius 2 is 2.07 bits per heavy atom. The van der Waals surface area contributed by atoms with E-state index in [1.165, 1.54) is 0 Å². The quantitative estimate of drug-likeness (QED) is 0.747. The molecule has 1 aliphatic rings. The lowest BCUT2D eigenvalue weighted by molar-refractivity contribution is -0.121. The average molecular weight is 412 g/mol. The van der Waals surface area contributed by atoms with Gasteiger partial charge < -0.3 is 14.6 Å². The molecule has 1 saturated heterocycles. The van der Waals surface area contributed by atoms with Crippen LogP contribution in [0.4, 0.5) is 0 Å². The van der Waals surface area contributed by atoms with Gasteiger partial charge in [-0.2, -0.15) is 4.98 Å². The molecule has 2 aromatic rings. The standard InChI is InChI=1S/C19H23Cl2N3O3/c1-13-23-18(27-24-13)4-2-3-17(25)22-12-19(7-9-26-10-8-19)15-6-5-14(20)11-16(15)21/h5-6,11H,2-4,7-10,12H2,1H3,(H,22,25). The number of aryl methyl sites for hydroxylation is 2. The molecule has 1 fully saturated rings. The summed E-state index contributed by atoms with van der Waals surface area (Å²) in [6.07, 6.45) is 3.26. The highest BCUT2D eigenvalue weighted by molar-refractivity contribution is 6.35. The van der Waals surface area contributed by atoms with Gasteiger partial charge in [0.2, 0.25) is 11.8 Å².